The molecule has 1 amide bonds. The Morgan fingerprint density at radius 2 is 2.32 bits per heavy atom. The molecule has 0 saturated carbocycles. The second-order valence-corrected chi connectivity index (χ2v) is 5.43. The van der Waals surface area contributed by atoms with Crippen molar-refractivity contribution in [1.29, 1.82) is 0 Å². The van der Waals surface area contributed by atoms with Gasteiger partial charge in [0.15, 0.2) is 0 Å². The first-order valence-electron chi connectivity index (χ1n) is 6.27. The minimum atomic E-state index is -0.239. The predicted molar refractivity (Wildman–Crippen MR) is 74.4 cm³/mol. The van der Waals surface area contributed by atoms with Crippen molar-refractivity contribution in [3.05, 3.63) is 56.6 Å². The van der Waals surface area contributed by atoms with E-state index in [9.17, 15) is 9.59 Å². The average molecular weight is 274 g/mol. The molecule has 1 saturated heterocycles. The van der Waals surface area contributed by atoms with Gasteiger partial charge in [0.05, 0.1) is 6.04 Å². The lowest BCUT2D eigenvalue weighted by molar-refractivity contribution is 0.0735. The zero-order valence-electron chi connectivity index (χ0n) is 10.3. The van der Waals surface area contributed by atoms with Gasteiger partial charge in [0, 0.05) is 24.4 Å². The highest BCUT2D eigenvalue weighted by Gasteiger charge is 2.30. The zero-order valence-corrected chi connectivity index (χ0v) is 11.2. The van der Waals surface area contributed by atoms with Crippen molar-refractivity contribution in [2.75, 3.05) is 6.54 Å². The van der Waals surface area contributed by atoms with Crippen molar-refractivity contribution in [1.82, 2.24) is 9.88 Å². The van der Waals surface area contributed by atoms with E-state index in [4.69, 9.17) is 0 Å². The van der Waals surface area contributed by atoms with E-state index in [1.807, 2.05) is 10.3 Å². The van der Waals surface area contributed by atoms with Crippen LogP contribution in [0.25, 0.3) is 0 Å². The van der Waals surface area contributed by atoms with Gasteiger partial charge in [-0.25, -0.2) is 0 Å². The molecule has 0 aromatic carbocycles. The molecule has 2 aromatic heterocycles. The fraction of sp³-hybridized carbons (Fsp3) is 0.286. The van der Waals surface area contributed by atoms with Crippen molar-refractivity contribution in [3.8, 4) is 0 Å². The first kappa shape index (κ1) is 12.2. The first-order chi connectivity index (χ1) is 9.25. The van der Waals surface area contributed by atoms with Gasteiger partial charge in [-0.2, -0.15) is 11.3 Å². The maximum Gasteiger partial charge on any atom is 0.254 e. The van der Waals surface area contributed by atoms with Gasteiger partial charge in [-0.3, -0.25) is 9.59 Å². The summed E-state index contributed by atoms with van der Waals surface area (Å²) in [5.74, 6) is -0.0557. The summed E-state index contributed by atoms with van der Waals surface area (Å²) >= 11 is 1.65. The summed E-state index contributed by atoms with van der Waals surface area (Å²) in [7, 11) is 0. The Bertz CT molecular complexity index is 633. The number of thiophene rings is 1. The highest BCUT2D eigenvalue weighted by Crippen LogP contribution is 2.33. The van der Waals surface area contributed by atoms with E-state index < -0.39 is 0 Å². The van der Waals surface area contributed by atoms with Crippen molar-refractivity contribution >= 4 is 17.2 Å². The van der Waals surface area contributed by atoms with Gasteiger partial charge >= 0.3 is 0 Å². The summed E-state index contributed by atoms with van der Waals surface area (Å²) in [5, 5.41) is 4.12. The zero-order chi connectivity index (χ0) is 13.2. The number of pyridine rings is 1. The highest BCUT2D eigenvalue weighted by atomic mass is 32.1. The number of carbonyl (C=O) groups is 1. The summed E-state index contributed by atoms with van der Waals surface area (Å²) in [6.45, 7) is 0.756. The van der Waals surface area contributed by atoms with Crippen LogP contribution in [0.1, 0.15) is 34.8 Å². The summed E-state index contributed by atoms with van der Waals surface area (Å²) in [6, 6.07) is 5.25. The Labute approximate surface area is 114 Å². The Morgan fingerprint density at radius 3 is 3.05 bits per heavy atom. The van der Waals surface area contributed by atoms with Crippen molar-refractivity contribution in [3.63, 3.8) is 0 Å². The summed E-state index contributed by atoms with van der Waals surface area (Å²) in [5.41, 5.74) is 1.42. The third-order valence-electron chi connectivity index (χ3n) is 3.46. The molecule has 0 radical (unpaired) electrons. The second kappa shape index (κ2) is 5.01. The number of rotatable bonds is 2. The van der Waals surface area contributed by atoms with Crippen LogP contribution < -0.4 is 5.56 Å². The van der Waals surface area contributed by atoms with Crippen LogP contribution in [0.2, 0.25) is 0 Å². The number of amides is 1. The molecule has 19 heavy (non-hydrogen) atoms. The monoisotopic (exact) mass is 274 g/mol. The van der Waals surface area contributed by atoms with Crippen LogP contribution in [0.15, 0.2) is 40.0 Å². The van der Waals surface area contributed by atoms with Crippen LogP contribution >= 0.6 is 11.3 Å². The van der Waals surface area contributed by atoms with Gasteiger partial charge in [0.1, 0.15) is 0 Å². The molecule has 0 bridgehead atoms. The number of aromatic amines is 1. The lowest BCUT2D eigenvalue weighted by Crippen LogP contribution is -2.31. The van der Waals surface area contributed by atoms with Gasteiger partial charge < -0.3 is 9.88 Å². The molecule has 0 spiro atoms. The number of carbonyl (C=O) groups excluding carboxylic acids is 1. The van der Waals surface area contributed by atoms with Crippen LogP contribution in [-0.2, 0) is 0 Å². The molecule has 3 heterocycles. The normalized spacial score (nSPS) is 18.7. The van der Waals surface area contributed by atoms with E-state index in [1.54, 1.807) is 17.4 Å². The van der Waals surface area contributed by atoms with E-state index in [0.29, 0.717) is 5.56 Å². The standard InChI is InChI=1S/C14H14N2O2S/c17-13-8-10(3-5-15-13)14(18)16-6-1-2-12(16)11-4-7-19-9-11/h3-5,7-9,12H,1-2,6H2,(H,15,17). The molecule has 1 atom stereocenters. The number of hydrogen-bond donors (Lipinski definition) is 1. The number of likely N-dealkylation sites (tertiary alicyclic amines) is 1. The molecule has 1 fully saturated rings. The van der Waals surface area contributed by atoms with E-state index in [1.165, 1.54) is 17.8 Å². The summed E-state index contributed by atoms with van der Waals surface area (Å²) in [6.07, 6.45) is 3.52. The maximum atomic E-state index is 12.5. The quantitative estimate of drug-likeness (QED) is 0.914. The van der Waals surface area contributed by atoms with Gasteiger partial charge in [-0.1, -0.05) is 0 Å². The molecule has 98 valence electrons. The fourth-order valence-corrected chi connectivity index (χ4v) is 3.27. The fourth-order valence-electron chi connectivity index (χ4n) is 2.56. The topological polar surface area (TPSA) is 53.2 Å². The Balaban J connectivity index is 1.89. The lowest BCUT2D eigenvalue weighted by Gasteiger charge is -2.24. The van der Waals surface area contributed by atoms with Gasteiger partial charge in [0.25, 0.3) is 5.91 Å². The Hall–Kier alpha value is -1.88. The highest BCUT2D eigenvalue weighted by molar-refractivity contribution is 7.07. The van der Waals surface area contributed by atoms with E-state index in [-0.39, 0.29) is 17.5 Å². The van der Waals surface area contributed by atoms with Crippen LogP contribution in [0.5, 0.6) is 0 Å². The maximum absolute atomic E-state index is 12.5. The number of H-pyrrole nitrogens is 1. The summed E-state index contributed by atoms with van der Waals surface area (Å²) in [4.78, 5) is 28.2. The number of aromatic nitrogens is 1. The van der Waals surface area contributed by atoms with Gasteiger partial charge in [-0.15, -0.1) is 0 Å². The lowest BCUT2D eigenvalue weighted by atomic mass is 10.1. The minimum absolute atomic E-state index is 0.0557. The molecule has 3 rings (SSSR count). The molecule has 1 unspecified atom stereocenters. The largest absolute Gasteiger partial charge is 0.332 e. The van der Waals surface area contributed by atoms with E-state index >= 15 is 0 Å². The van der Waals surface area contributed by atoms with Crippen LogP contribution in [0.4, 0.5) is 0 Å². The van der Waals surface area contributed by atoms with Gasteiger partial charge in [0.2, 0.25) is 5.56 Å². The molecule has 5 heteroatoms. The smallest absolute Gasteiger partial charge is 0.254 e. The average Bonchev–Trinajstić information content (AvgIpc) is 3.08. The predicted octanol–water partition coefficient (Wildman–Crippen LogP) is 2.41. The minimum Gasteiger partial charge on any atom is -0.332 e. The molecule has 0 aliphatic carbocycles. The molecule has 2 aromatic rings. The number of nitrogens with one attached hydrogen (secondary N) is 1. The van der Waals surface area contributed by atoms with E-state index in [0.717, 1.165) is 19.4 Å². The third kappa shape index (κ3) is 2.33. The first-order valence-corrected chi connectivity index (χ1v) is 7.22. The molecule has 1 N–H and O–H groups in total. The van der Waals surface area contributed by atoms with Crippen molar-refractivity contribution in [2.45, 2.75) is 18.9 Å². The summed E-state index contributed by atoms with van der Waals surface area (Å²) < 4.78 is 0. The molecule has 4 nitrogen and oxygen atoms in total. The van der Waals surface area contributed by atoms with Crippen molar-refractivity contribution in [2.24, 2.45) is 0 Å². The van der Waals surface area contributed by atoms with E-state index in [2.05, 4.69) is 16.4 Å². The Morgan fingerprint density at radius 1 is 1.42 bits per heavy atom. The van der Waals surface area contributed by atoms with Crippen LogP contribution in [0.3, 0.4) is 0 Å². The van der Waals surface area contributed by atoms with Crippen molar-refractivity contribution < 1.29 is 4.79 Å². The molecular formula is C14H14N2O2S. The number of nitrogens with zero attached hydrogens (tertiary/aromatic N) is 1. The third-order valence-corrected chi connectivity index (χ3v) is 4.17. The molecule has 1 aliphatic heterocycles. The van der Waals surface area contributed by atoms with Gasteiger partial charge in [-0.05, 0) is 41.3 Å². The molecule has 1 aliphatic rings. The number of hydrogen-bond acceptors (Lipinski definition) is 3. The molecular weight excluding hydrogens is 260 g/mol. The Kier molecular flexibility index (Phi) is 3.21. The van der Waals surface area contributed by atoms with Crippen LogP contribution in [0, 0.1) is 0 Å². The van der Waals surface area contributed by atoms with Crippen LogP contribution in [-0.4, -0.2) is 22.3 Å². The second-order valence-electron chi connectivity index (χ2n) is 4.65. The SMILES string of the molecule is O=C(c1cc[nH]c(=O)c1)N1CCCC1c1ccsc1.